The number of morpholine rings is 2. The summed E-state index contributed by atoms with van der Waals surface area (Å²) in [5.74, 6) is 0. The second kappa shape index (κ2) is 6.57. The molecule has 2 aliphatic rings. The van der Waals surface area contributed by atoms with Gasteiger partial charge in [0.1, 0.15) is 13.2 Å². The summed E-state index contributed by atoms with van der Waals surface area (Å²) in [5, 5.41) is 3.98. The molecule has 0 unspecified atom stereocenters. The summed E-state index contributed by atoms with van der Waals surface area (Å²) in [6.45, 7) is 11.4. The normalized spacial score (nSPS) is 19.1. The van der Waals surface area contributed by atoms with Crippen molar-refractivity contribution in [1.82, 2.24) is 9.56 Å². The lowest BCUT2D eigenvalue weighted by Gasteiger charge is -2.28. The number of aromatic amines is 1. The summed E-state index contributed by atoms with van der Waals surface area (Å²) in [6, 6.07) is 6.90. The number of nitrogens with one attached hydrogen (secondary N) is 1. The Labute approximate surface area is 142 Å². The van der Waals surface area contributed by atoms with Gasteiger partial charge in [-0.05, 0) is 26.0 Å². The molecule has 2 saturated heterocycles. The molecular formula is C19H26N3O2+. The Hall–Kier alpha value is -1.85. The van der Waals surface area contributed by atoms with Gasteiger partial charge in [0.2, 0.25) is 5.36 Å². The fraction of sp³-hybridized carbons (Fsp3) is 0.526. The van der Waals surface area contributed by atoms with Gasteiger partial charge < -0.3 is 19.4 Å². The van der Waals surface area contributed by atoms with E-state index in [-0.39, 0.29) is 0 Å². The van der Waals surface area contributed by atoms with Crippen LogP contribution in [0.2, 0.25) is 0 Å². The number of anilines is 1. The van der Waals surface area contributed by atoms with Gasteiger partial charge in [-0.3, -0.25) is 0 Å². The highest BCUT2D eigenvalue weighted by molar-refractivity contribution is 5.89. The monoisotopic (exact) mass is 328 g/mol. The van der Waals surface area contributed by atoms with Crippen molar-refractivity contribution >= 4 is 16.5 Å². The van der Waals surface area contributed by atoms with E-state index < -0.39 is 0 Å². The Kier molecular flexibility index (Phi) is 4.29. The summed E-state index contributed by atoms with van der Waals surface area (Å²) in [5.41, 5.74) is 3.76. The van der Waals surface area contributed by atoms with Gasteiger partial charge in [-0.15, -0.1) is 0 Å². The molecule has 0 amide bonds. The zero-order valence-electron chi connectivity index (χ0n) is 14.6. The van der Waals surface area contributed by atoms with Crippen LogP contribution in [-0.2, 0) is 9.47 Å². The van der Waals surface area contributed by atoms with Crippen LogP contribution in [0, 0.1) is 13.8 Å². The van der Waals surface area contributed by atoms with Gasteiger partial charge in [0.05, 0.1) is 18.6 Å². The van der Waals surface area contributed by atoms with Crippen LogP contribution in [0.4, 0.5) is 5.69 Å². The predicted octanol–water partition coefficient (Wildman–Crippen LogP) is 1.42. The van der Waals surface area contributed by atoms with E-state index in [1.807, 2.05) is 0 Å². The fourth-order valence-electron chi connectivity index (χ4n) is 3.84. The van der Waals surface area contributed by atoms with E-state index in [0.29, 0.717) is 0 Å². The van der Waals surface area contributed by atoms with E-state index in [1.165, 1.54) is 33.2 Å². The molecule has 0 radical (unpaired) electrons. The number of aryl methyl sites for hydroxylation is 2. The van der Waals surface area contributed by atoms with Gasteiger partial charge >= 0.3 is 0 Å². The quantitative estimate of drug-likeness (QED) is 0.805. The lowest BCUT2D eigenvalue weighted by molar-refractivity contribution is 0.0968. The van der Waals surface area contributed by atoms with Gasteiger partial charge in [-0.2, -0.15) is 0 Å². The molecule has 0 bridgehead atoms. The van der Waals surface area contributed by atoms with E-state index in [0.717, 1.165) is 52.6 Å². The van der Waals surface area contributed by atoms with Crippen molar-refractivity contribution in [3.63, 3.8) is 0 Å². The Balaban J connectivity index is 1.96. The SMILES string of the molecule is Cc1[nH]c(C)c2c(=[N+]3CCOCC3)ccc(N3CCOCC3)cc12. The van der Waals surface area contributed by atoms with Crippen LogP contribution in [0.25, 0.3) is 10.8 Å². The molecule has 2 aliphatic heterocycles. The number of hydrogen-bond donors (Lipinski definition) is 1. The maximum Gasteiger partial charge on any atom is 0.209 e. The molecule has 4 rings (SSSR count). The number of hydrogen-bond acceptors (Lipinski definition) is 3. The first-order chi connectivity index (χ1) is 11.7. The van der Waals surface area contributed by atoms with Crippen molar-refractivity contribution in [1.29, 1.82) is 0 Å². The second-order valence-electron chi connectivity index (χ2n) is 6.65. The fourth-order valence-corrected chi connectivity index (χ4v) is 3.84. The highest BCUT2D eigenvalue weighted by atomic mass is 16.5. The van der Waals surface area contributed by atoms with Crippen molar-refractivity contribution in [2.75, 3.05) is 57.5 Å². The minimum Gasteiger partial charge on any atom is -0.378 e. The maximum atomic E-state index is 5.54. The van der Waals surface area contributed by atoms with E-state index in [4.69, 9.17) is 9.47 Å². The average molecular weight is 328 g/mol. The number of ether oxygens (including phenoxy) is 2. The molecular weight excluding hydrogens is 302 g/mol. The van der Waals surface area contributed by atoms with Crippen LogP contribution in [0.3, 0.4) is 0 Å². The Morgan fingerprint density at radius 3 is 2.42 bits per heavy atom. The van der Waals surface area contributed by atoms with Crippen molar-refractivity contribution in [2.45, 2.75) is 13.8 Å². The third-order valence-corrected chi connectivity index (χ3v) is 5.11. The summed E-state index contributed by atoms with van der Waals surface area (Å²) in [4.78, 5) is 5.96. The third-order valence-electron chi connectivity index (χ3n) is 5.11. The first-order valence-corrected chi connectivity index (χ1v) is 8.85. The van der Waals surface area contributed by atoms with Crippen LogP contribution < -0.4 is 14.8 Å². The van der Waals surface area contributed by atoms with Gasteiger partial charge in [0, 0.05) is 41.6 Å². The number of H-pyrrole nitrogens is 1. The highest BCUT2D eigenvalue weighted by Crippen LogP contribution is 2.23. The summed E-state index contributed by atoms with van der Waals surface area (Å²) in [7, 11) is 0. The third kappa shape index (κ3) is 2.82. The minimum atomic E-state index is 0.804. The molecule has 2 fully saturated rings. The van der Waals surface area contributed by atoms with Gasteiger partial charge in [0.25, 0.3) is 0 Å². The average Bonchev–Trinajstić information content (AvgIpc) is 2.80. The lowest BCUT2D eigenvalue weighted by atomic mass is 10.2. The van der Waals surface area contributed by atoms with Crippen molar-refractivity contribution in [2.24, 2.45) is 0 Å². The molecule has 0 atom stereocenters. The summed E-state index contributed by atoms with van der Waals surface area (Å²) >= 11 is 0. The van der Waals surface area contributed by atoms with Crippen LogP contribution in [-0.4, -0.2) is 57.6 Å². The van der Waals surface area contributed by atoms with Crippen LogP contribution in [0.15, 0.2) is 18.2 Å². The maximum absolute atomic E-state index is 5.54. The van der Waals surface area contributed by atoms with E-state index >= 15 is 0 Å². The van der Waals surface area contributed by atoms with E-state index in [2.05, 4.69) is 46.5 Å². The number of aromatic nitrogens is 1. The van der Waals surface area contributed by atoms with Crippen molar-refractivity contribution in [3.05, 3.63) is 34.9 Å². The molecule has 0 spiro atoms. The van der Waals surface area contributed by atoms with Crippen molar-refractivity contribution in [3.8, 4) is 0 Å². The first-order valence-electron chi connectivity index (χ1n) is 8.85. The minimum absolute atomic E-state index is 0.804. The largest absolute Gasteiger partial charge is 0.378 e. The number of fused-ring (bicyclic) bond motifs is 1. The van der Waals surface area contributed by atoms with E-state index in [1.54, 1.807) is 0 Å². The van der Waals surface area contributed by atoms with Gasteiger partial charge in [0.15, 0.2) is 13.1 Å². The first kappa shape index (κ1) is 15.7. The van der Waals surface area contributed by atoms with Crippen LogP contribution >= 0.6 is 0 Å². The zero-order valence-corrected chi connectivity index (χ0v) is 14.6. The molecule has 1 aromatic heterocycles. The predicted molar refractivity (Wildman–Crippen MR) is 96.6 cm³/mol. The van der Waals surface area contributed by atoms with E-state index in [9.17, 15) is 0 Å². The van der Waals surface area contributed by atoms with Crippen LogP contribution in [0.5, 0.6) is 0 Å². The van der Waals surface area contributed by atoms with Crippen molar-refractivity contribution < 1.29 is 9.47 Å². The molecule has 3 heterocycles. The molecule has 5 nitrogen and oxygen atoms in total. The molecule has 0 aliphatic carbocycles. The highest BCUT2D eigenvalue weighted by Gasteiger charge is 2.18. The van der Waals surface area contributed by atoms with Gasteiger partial charge in [-0.1, -0.05) is 0 Å². The standard InChI is InChI=1S/C19H25N3O2/c1-14-17-13-16(21-5-9-23-10-6-21)3-4-18(19(17)15(2)20-14)22-7-11-24-12-8-22/h3-4,13H,5-12H2,1-2H3/p+1. The topological polar surface area (TPSA) is 40.5 Å². The molecule has 1 N–H and O–H groups in total. The molecule has 1 aromatic carbocycles. The Morgan fingerprint density at radius 1 is 0.958 bits per heavy atom. The lowest BCUT2D eigenvalue weighted by Crippen LogP contribution is -2.39. The molecule has 0 saturated carbocycles. The smallest absolute Gasteiger partial charge is 0.209 e. The number of rotatable bonds is 1. The second-order valence-corrected chi connectivity index (χ2v) is 6.65. The van der Waals surface area contributed by atoms with Crippen LogP contribution in [0.1, 0.15) is 11.4 Å². The zero-order chi connectivity index (χ0) is 16.5. The summed E-state index contributed by atoms with van der Waals surface area (Å²) in [6.07, 6.45) is 0. The van der Waals surface area contributed by atoms with Gasteiger partial charge in [-0.25, -0.2) is 4.58 Å². The molecule has 24 heavy (non-hydrogen) atoms. The Bertz CT molecular complexity index is 811. The number of nitrogens with zero attached hydrogens (tertiary/aromatic N) is 2. The Morgan fingerprint density at radius 2 is 1.67 bits per heavy atom. The molecule has 5 heteroatoms. The molecule has 128 valence electrons. The molecule has 2 aromatic rings. The summed E-state index contributed by atoms with van der Waals surface area (Å²) < 4.78 is 13.5.